The van der Waals surface area contributed by atoms with Gasteiger partial charge in [0.2, 0.25) is 0 Å². The quantitative estimate of drug-likeness (QED) is 0.453. The fraction of sp³-hybridized carbons (Fsp3) is 0.667. The molecule has 0 amide bonds. The minimum atomic E-state index is -1.40. The normalized spacial score (nSPS) is 15.4. The predicted octanol–water partition coefficient (Wildman–Crippen LogP) is 0.255. The van der Waals surface area contributed by atoms with Gasteiger partial charge in [0.1, 0.15) is 0 Å². The summed E-state index contributed by atoms with van der Waals surface area (Å²) in [5.74, 6) is 0. The van der Waals surface area contributed by atoms with Crippen molar-refractivity contribution in [2.24, 2.45) is 0 Å². The zero-order valence-corrected chi connectivity index (χ0v) is 7.76. The van der Waals surface area contributed by atoms with E-state index in [0.29, 0.717) is 0 Å². The maximum atomic E-state index is 9.39. The van der Waals surface area contributed by atoms with Crippen LogP contribution in [-0.2, 0) is 0 Å². The fourth-order valence-corrected chi connectivity index (χ4v) is 0.828. The molecule has 0 aromatic carbocycles. The minimum Gasteiger partial charge on any atom is -0.473 e. The maximum Gasteiger partial charge on any atom is 0.376 e. The number of carboxylic acid groups (broad SMARTS) is 2. The number of hydrogen-bond acceptors (Lipinski definition) is 5. The first kappa shape index (κ1) is 12.2. The lowest BCUT2D eigenvalue weighted by Gasteiger charge is -2.11. The molecule has 1 aliphatic rings. The van der Waals surface area contributed by atoms with Gasteiger partial charge in [-0.25, -0.2) is 9.59 Å². The van der Waals surface area contributed by atoms with E-state index in [4.69, 9.17) is 10.2 Å². The number of piperazine rings is 1. The van der Waals surface area contributed by atoms with E-state index in [1.807, 2.05) is 0 Å². The fourth-order valence-electron chi connectivity index (χ4n) is 0.678. The van der Waals surface area contributed by atoms with Gasteiger partial charge in [-0.1, -0.05) is 0 Å². The standard InChI is InChI=1S/C4H10N2.C2H2O4S/c1-2-6-4-3-5-1;3-1(4)7-2(5)6/h5-6H,1-4H2;(H,3,4)(H,5,6). The molecule has 1 saturated heterocycles. The Hall–Kier alpha value is -0.790. The highest BCUT2D eigenvalue weighted by molar-refractivity contribution is 8.25. The molecule has 1 fully saturated rings. The molecule has 0 unspecified atom stereocenters. The van der Waals surface area contributed by atoms with E-state index in [2.05, 4.69) is 10.6 Å². The molecular weight excluding hydrogens is 196 g/mol. The van der Waals surface area contributed by atoms with Gasteiger partial charge in [0.15, 0.2) is 0 Å². The summed E-state index contributed by atoms with van der Waals surface area (Å²) < 4.78 is 0. The summed E-state index contributed by atoms with van der Waals surface area (Å²) in [6.07, 6.45) is 0. The van der Waals surface area contributed by atoms with Crippen LogP contribution in [0.3, 0.4) is 0 Å². The molecule has 0 radical (unpaired) electrons. The van der Waals surface area contributed by atoms with Crippen molar-refractivity contribution in [3.8, 4) is 0 Å². The Kier molecular flexibility index (Phi) is 7.36. The first-order valence-corrected chi connectivity index (χ1v) is 4.49. The summed E-state index contributed by atoms with van der Waals surface area (Å²) in [4.78, 5) is 18.8. The molecule has 1 rings (SSSR count). The van der Waals surface area contributed by atoms with E-state index in [9.17, 15) is 9.59 Å². The molecule has 13 heavy (non-hydrogen) atoms. The van der Waals surface area contributed by atoms with Gasteiger partial charge in [-0.2, -0.15) is 0 Å². The van der Waals surface area contributed by atoms with Crippen molar-refractivity contribution in [2.45, 2.75) is 0 Å². The van der Waals surface area contributed by atoms with Crippen molar-refractivity contribution < 1.29 is 19.8 Å². The predicted molar refractivity (Wildman–Crippen MR) is 49.4 cm³/mol. The third-order valence-corrected chi connectivity index (χ3v) is 1.48. The molecule has 1 heterocycles. The van der Waals surface area contributed by atoms with E-state index in [0.717, 1.165) is 26.2 Å². The summed E-state index contributed by atoms with van der Waals surface area (Å²) in [7, 11) is 0. The molecule has 76 valence electrons. The molecule has 0 aromatic heterocycles. The molecule has 0 aliphatic carbocycles. The van der Waals surface area contributed by atoms with Gasteiger partial charge in [-0.3, -0.25) is 0 Å². The first-order valence-electron chi connectivity index (χ1n) is 3.68. The summed E-state index contributed by atoms with van der Waals surface area (Å²) in [6, 6.07) is 0. The smallest absolute Gasteiger partial charge is 0.376 e. The van der Waals surface area contributed by atoms with Crippen LogP contribution in [0.25, 0.3) is 0 Å². The second-order valence-corrected chi connectivity index (χ2v) is 3.04. The third-order valence-electron chi connectivity index (χ3n) is 1.13. The summed E-state index contributed by atoms with van der Waals surface area (Å²) in [5, 5.41) is 19.0. The molecule has 4 N–H and O–H groups in total. The zero-order chi connectivity index (χ0) is 10.1. The van der Waals surface area contributed by atoms with Crippen LogP contribution in [0.4, 0.5) is 9.59 Å². The molecular formula is C6H12N2O4S. The van der Waals surface area contributed by atoms with Crippen molar-refractivity contribution in [1.29, 1.82) is 0 Å². The largest absolute Gasteiger partial charge is 0.473 e. The Morgan fingerprint density at radius 3 is 1.31 bits per heavy atom. The Morgan fingerprint density at radius 2 is 1.23 bits per heavy atom. The molecule has 0 spiro atoms. The summed E-state index contributed by atoms with van der Waals surface area (Å²) >= 11 is -0.157. The van der Waals surface area contributed by atoms with E-state index in [-0.39, 0.29) is 11.8 Å². The Morgan fingerprint density at radius 1 is 0.923 bits per heavy atom. The minimum absolute atomic E-state index is 0.157. The molecule has 0 bridgehead atoms. The van der Waals surface area contributed by atoms with E-state index >= 15 is 0 Å². The molecule has 0 atom stereocenters. The average molecular weight is 208 g/mol. The maximum absolute atomic E-state index is 9.39. The second kappa shape index (κ2) is 7.84. The van der Waals surface area contributed by atoms with Crippen LogP contribution in [0.15, 0.2) is 0 Å². The number of carbonyl (C=O) groups is 2. The van der Waals surface area contributed by atoms with Gasteiger partial charge in [0, 0.05) is 26.2 Å². The molecule has 0 saturated carbocycles. The van der Waals surface area contributed by atoms with Gasteiger partial charge >= 0.3 is 10.6 Å². The second-order valence-electron chi connectivity index (χ2n) is 2.13. The van der Waals surface area contributed by atoms with Crippen molar-refractivity contribution >= 4 is 22.4 Å². The zero-order valence-electron chi connectivity index (χ0n) is 6.95. The van der Waals surface area contributed by atoms with Gasteiger partial charge in [-0.15, -0.1) is 0 Å². The first-order chi connectivity index (χ1) is 6.13. The van der Waals surface area contributed by atoms with Crippen LogP contribution >= 0.6 is 11.8 Å². The van der Waals surface area contributed by atoms with Gasteiger partial charge in [-0.05, 0) is 0 Å². The van der Waals surface area contributed by atoms with Crippen LogP contribution in [0, 0.1) is 0 Å². The van der Waals surface area contributed by atoms with Crippen LogP contribution in [0.5, 0.6) is 0 Å². The highest BCUT2D eigenvalue weighted by Crippen LogP contribution is 1.99. The van der Waals surface area contributed by atoms with E-state index in [1.54, 1.807) is 0 Å². The highest BCUT2D eigenvalue weighted by Gasteiger charge is 2.03. The van der Waals surface area contributed by atoms with E-state index in [1.165, 1.54) is 0 Å². The summed E-state index contributed by atoms with van der Waals surface area (Å²) in [5.41, 5.74) is 0. The molecule has 1 aliphatic heterocycles. The van der Waals surface area contributed by atoms with Crippen molar-refractivity contribution in [1.82, 2.24) is 10.6 Å². The number of rotatable bonds is 0. The van der Waals surface area contributed by atoms with Crippen LogP contribution in [0.2, 0.25) is 0 Å². The van der Waals surface area contributed by atoms with Crippen LogP contribution in [-0.4, -0.2) is 47.0 Å². The van der Waals surface area contributed by atoms with Crippen LogP contribution < -0.4 is 10.6 Å². The summed E-state index contributed by atoms with van der Waals surface area (Å²) in [6.45, 7) is 4.56. The van der Waals surface area contributed by atoms with Crippen molar-refractivity contribution in [3.63, 3.8) is 0 Å². The number of thioether (sulfide) groups is 1. The monoisotopic (exact) mass is 208 g/mol. The van der Waals surface area contributed by atoms with Gasteiger partial charge < -0.3 is 20.8 Å². The lowest BCUT2D eigenvalue weighted by Crippen LogP contribution is -2.39. The Balaban J connectivity index is 0.000000223. The molecule has 0 aromatic rings. The topological polar surface area (TPSA) is 98.7 Å². The van der Waals surface area contributed by atoms with Crippen molar-refractivity contribution in [3.05, 3.63) is 0 Å². The van der Waals surface area contributed by atoms with Crippen molar-refractivity contribution in [2.75, 3.05) is 26.2 Å². The van der Waals surface area contributed by atoms with Gasteiger partial charge in [0.05, 0.1) is 11.8 Å². The van der Waals surface area contributed by atoms with Crippen LogP contribution in [0.1, 0.15) is 0 Å². The molecule has 7 heteroatoms. The molecule has 6 nitrogen and oxygen atoms in total. The third kappa shape index (κ3) is 11.2. The lowest BCUT2D eigenvalue weighted by molar-refractivity contribution is 0.217. The number of nitrogens with one attached hydrogen (secondary N) is 2. The highest BCUT2D eigenvalue weighted by atomic mass is 32.2. The van der Waals surface area contributed by atoms with E-state index < -0.39 is 10.6 Å². The SMILES string of the molecule is C1CNCCN1.O=C(O)SC(=O)O. The average Bonchev–Trinajstić information content (AvgIpc) is 2.06. The Bertz CT molecular complexity index is 149. The van der Waals surface area contributed by atoms with Gasteiger partial charge in [0.25, 0.3) is 0 Å². The lowest BCUT2D eigenvalue weighted by atomic mass is 10.4. The Labute approximate surface area is 79.7 Å². The number of hydrogen-bond donors (Lipinski definition) is 4.